The zero-order valence-corrected chi connectivity index (χ0v) is 11.1. The molecule has 0 aromatic carbocycles. The van der Waals surface area contributed by atoms with Gasteiger partial charge in [-0.1, -0.05) is 12.1 Å². The Labute approximate surface area is 102 Å². The van der Waals surface area contributed by atoms with Crippen molar-refractivity contribution in [2.45, 2.75) is 53.2 Å². The summed E-state index contributed by atoms with van der Waals surface area (Å²) in [7, 11) is 0. The SMILES string of the molecule is CCc1c(CNC(=O)OC(C)(C)C)noc1C. The number of hydrogen-bond acceptors (Lipinski definition) is 4. The van der Waals surface area contributed by atoms with Gasteiger partial charge in [-0.3, -0.25) is 0 Å². The molecule has 0 aliphatic heterocycles. The lowest BCUT2D eigenvalue weighted by Gasteiger charge is -2.19. The molecule has 0 unspecified atom stereocenters. The molecule has 1 aromatic rings. The molecule has 0 radical (unpaired) electrons. The van der Waals surface area contributed by atoms with Crippen LogP contribution in [0.5, 0.6) is 0 Å². The highest BCUT2D eigenvalue weighted by Gasteiger charge is 2.17. The molecule has 17 heavy (non-hydrogen) atoms. The molecule has 0 saturated heterocycles. The summed E-state index contributed by atoms with van der Waals surface area (Å²) in [5.41, 5.74) is 1.31. The lowest BCUT2D eigenvalue weighted by atomic mass is 10.1. The van der Waals surface area contributed by atoms with Crippen molar-refractivity contribution < 1.29 is 14.1 Å². The van der Waals surface area contributed by atoms with E-state index in [9.17, 15) is 4.79 Å². The van der Waals surface area contributed by atoms with Gasteiger partial charge in [-0.15, -0.1) is 0 Å². The molecule has 0 spiro atoms. The largest absolute Gasteiger partial charge is 0.444 e. The molecule has 5 nitrogen and oxygen atoms in total. The summed E-state index contributed by atoms with van der Waals surface area (Å²) in [4.78, 5) is 11.4. The molecular formula is C12H20N2O3. The number of ether oxygens (including phenoxy) is 1. The molecule has 1 rings (SSSR count). The highest BCUT2D eigenvalue weighted by molar-refractivity contribution is 5.67. The summed E-state index contributed by atoms with van der Waals surface area (Å²) in [6.07, 6.45) is 0.390. The van der Waals surface area contributed by atoms with Gasteiger partial charge in [-0.05, 0) is 34.1 Å². The van der Waals surface area contributed by atoms with E-state index in [0.717, 1.165) is 23.4 Å². The van der Waals surface area contributed by atoms with Crippen molar-refractivity contribution in [2.24, 2.45) is 0 Å². The fourth-order valence-corrected chi connectivity index (χ4v) is 1.50. The van der Waals surface area contributed by atoms with Crippen LogP contribution in [-0.4, -0.2) is 16.9 Å². The van der Waals surface area contributed by atoms with Crippen molar-refractivity contribution in [1.29, 1.82) is 0 Å². The van der Waals surface area contributed by atoms with E-state index in [1.54, 1.807) is 0 Å². The van der Waals surface area contributed by atoms with Gasteiger partial charge >= 0.3 is 6.09 Å². The average molecular weight is 240 g/mol. The summed E-state index contributed by atoms with van der Waals surface area (Å²) < 4.78 is 10.2. The lowest BCUT2D eigenvalue weighted by Crippen LogP contribution is -2.32. The van der Waals surface area contributed by atoms with Crippen LogP contribution in [0.25, 0.3) is 0 Å². The Bertz CT molecular complexity index is 391. The van der Waals surface area contributed by atoms with E-state index in [-0.39, 0.29) is 0 Å². The van der Waals surface area contributed by atoms with Crippen LogP contribution in [-0.2, 0) is 17.7 Å². The van der Waals surface area contributed by atoms with Crippen molar-refractivity contribution in [3.63, 3.8) is 0 Å². The van der Waals surface area contributed by atoms with Crippen molar-refractivity contribution in [3.8, 4) is 0 Å². The van der Waals surface area contributed by atoms with Gasteiger partial charge in [0.05, 0.1) is 6.54 Å². The Morgan fingerprint density at radius 3 is 2.65 bits per heavy atom. The first-order chi connectivity index (χ1) is 7.83. The molecule has 0 aliphatic carbocycles. The Hall–Kier alpha value is -1.52. The van der Waals surface area contributed by atoms with Crippen LogP contribution in [0.2, 0.25) is 0 Å². The minimum absolute atomic E-state index is 0.329. The Balaban J connectivity index is 2.53. The maximum Gasteiger partial charge on any atom is 0.407 e. The number of nitrogens with zero attached hydrogens (tertiary/aromatic N) is 1. The van der Waals surface area contributed by atoms with Gasteiger partial charge in [0.25, 0.3) is 0 Å². The van der Waals surface area contributed by atoms with E-state index in [0.29, 0.717) is 6.54 Å². The number of carbonyl (C=O) groups is 1. The normalized spacial score (nSPS) is 11.4. The van der Waals surface area contributed by atoms with Crippen LogP contribution in [0, 0.1) is 6.92 Å². The van der Waals surface area contributed by atoms with E-state index in [2.05, 4.69) is 10.5 Å². The van der Waals surface area contributed by atoms with Gasteiger partial charge < -0.3 is 14.6 Å². The van der Waals surface area contributed by atoms with Crippen LogP contribution in [0.4, 0.5) is 4.79 Å². The number of aryl methyl sites for hydroxylation is 1. The predicted octanol–water partition coefficient (Wildman–Crippen LogP) is 2.57. The van der Waals surface area contributed by atoms with Gasteiger partial charge in [0, 0.05) is 5.56 Å². The average Bonchev–Trinajstić information content (AvgIpc) is 2.53. The Morgan fingerprint density at radius 1 is 1.47 bits per heavy atom. The number of rotatable bonds is 3. The number of alkyl carbamates (subject to hydrolysis) is 1. The molecule has 96 valence electrons. The van der Waals surface area contributed by atoms with Gasteiger partial charge in [0.2, 0.25) is 0 Å². The summed E-state index contributed by atoms with van der Waals surface area (Å²) in [6, 6.07) is 0. The second-order valence-corrected chi connectivity index (χ2v) is 4.87. The Morgan fingerprint density at radius 2 is 2.12 bits per heavy atom. The second kappa shape index (κ2) is 5.21. The fraction of sp³-hybridized carbons (Fsp3) is 0.667. The molecule has 0 bridgehead atoms. The standard InChI is InChI=1S/C12H20N2O3/c1-6-9-8(2)17-14-10(9)7-13-11(15)16-12(3,4)5/h6-7H2,1-5H3,(H,13,15). The molecule has 0 fully saturated rings. The number of carbonyl (C=O) groups excluding carboxylic acids is 1. The van der Waals surface area contributed by atoms with Crippen molar-refractivity contribution >= 4 is 6.09 Å². The van der Waals surface area contributed by atoms with Gasteiger partial charge in [0.15, 0.2) is 0 Å². The number of nitrogens with one attached hydrogen (secondary N) is 1. The third kappa shape index (κ3) is 4.09. The van der Waals surface area contributed by atoms with Crippen molar-refractivity contribution in [3.05, 3.63) is 17.0 Å². The van der Waals surface area contributed by atoms with E-state index in [1.165, 1.54) is 0 Å². The van der Waals surface area contributed by atoms with Crippen LogP contribution in [0.3, 0.4) is 0 Å². The number of aromatic nitrogens is 1. The smallest absolute Gasteiger partial charge is 0.407 e. The van der Waals surface area contributed by atoms with Crippen LogP contribution in [0.1, 0.15) is 44.7 Å². The molecule has 1 N–H and O–H groups in total. The molecule has 0 atom stereocenters. The minimum atomic E-state index is -0.489. The fourth-order valence-electron chi connectivity index (χ4n) is 1.50. The Kier molecular flexibility index (Phi) is 4.15. The maximum absolute atomic E-state index is 11.4. The molecule has 1 amide bonds. The number of amides is 1. The maximum atomic E-state index is 11.4. The van der Waals surface area contributed by atoms with Gasteiger partial charge in [-0.2, -0.15) is 0 Å². The molecular weight excluding hydrogens is 220 g/mol. The zero-order chi connectivity index (χ0) is 13.1. The monoisotopic (exact) mass is 240 g/mol. The lowest BCUT2D eigenvalue weighted by molar-refractivity contribution is 0.0522. The first kappa shape index (κ1) is 13.5. The quantitative estimate of drug-likeness (QED) is 0.881. The van der Waals surface area contributed by atoms with E-state index in [1.807, 2.05) is 34.6 Å². The second-order valence-electron chi connectivity index (χ2n) is 4.87. The van der Waals surface area contributed by atoms with Gasteiger partial charge in [-0.25, -0.2) is 4.79 Å². The van der Waals surface area contributed by atoms with Crippen molar-refractivity contribution in [2.75, 3.05) is 0 Å². The summed E-state index contributed by atoms with van der Waals surface area (Å²) >= 11 is 0. The third-order valence-corrected chi connectivity index (χ3v) is 2.22. The molecule has 1 aromatic heterocycles. The van der Waals surface area contributed by atoms with E-state index < -0.39 is 11.7 Å². The summed E-state index contributed by atoms with van der Waals surface area (Å²) in [6.45, 7) is 9.69. The van der Waals surface area contributed by atoms with Crippen LogP contribution >= 0.6 is 0 Å². The van der Waals surface area contributed by atoms with E-state index >= 15 is 0 Å². The first-order valence-corrected chi connectivity index (χ1v) is 5.74. The highest BCUT2D eigenvalue weighted by Crippen LogP contribution is 2.14. The highest BCUT2D eigenvalue weighted by atomic mass is 16.6. The predicted molar refractivity (Wildman–Crippen MR) is 63.7 cm³/mol. The summed E-state index contributed by atoms with van der Waals surface area (Å²) in [5.74, 6) is 0.800. The summed E-state index contributed by atoms with van der Waals surface area (Å²) in [5, 5.41) is 6.57. The first-order valence-electron chi connectivity index (χ1n) is 5.74. The zero-order valence-electron chi connectivity index (χ0n) is 11.1. The number of hydrogen-bond donors (Lipinski definition) is 1. The molecule has 1 heterocycles. The van der Waals surface area contributed by atoms with Crippen molar-refractivity contribution in [1.82, 2.24) is 10.5 Å². The topological polar surface area (TPSA) is 64.4 Å². The molecule has 0 saturated carbocycles. The van der Waals surface area contributed by atoms with E-state index in [4.69, 9.17) is 9.26 Å². The molecule has 5 heteroatoms. The van der Waals surface area contributed by atoms with Crippen LogP contribution in [0.15, 0.2) is 4.52 Å². The third-order valence-electron chi connectivity index (χ3n) is 2.22. The minimum Gasteiger partial charge on any atom is -0.444 e. The van der Waals surface area contributed by atoms with Crippen LogP contribution < -0.4 is 5.32 Å². The van der Waals surface area contributed by atoms with Gasteiger partial charge in [0.1, 0.15) is 17.1 Å². The molecule has 0 aliphatic rings.